The molecule has 2 heterocycles. The average Bonchev–Trinajstić information content (AvgIpc) is 2.53. The molecule has 5 nitrogen and oxygen atoms in total. The number of benzene rings is 1. The Balaban J connectivity index is 1.84. The van der Waals surface area contributed by atoms with Crippen molar-refractivity contribution < 1.29 is 4.79 Å². The van der Waals surface area contributed by atoms with E-state index >= 15 is 0 Å². The number of fused-ring (bicyclic) bond motifs is 1. The number of pyridine rings is 1. The summed E-state index contributed by atoms with van der Waals surface area (Å²) >= 11 is 0. The van der Waals surface area contributed by atoms with Crippen molar-refractivity contribution in [3.8, 4) is 0 Å². The van der Waals surface area contributed by atoms with Gasteiger partial charge in [-0.15, -0.1) is 0 Å². The van der Waals surface area contributed by atoms with Crippen molar-refractivity contribution in [3.05, 3.63) is 30.5 Å². The second-order valence-electron chi connectivity index (χ2n) is 5.48. The average molecular weight is 284 g/mol. The van der Waals surface area contributed by atoms with Crippen LogP contribution in [0.15, 0.2) is 30.5 Å². The molecule has 0 bridgehead atoms. The molecule has 0 spiro atoms. The van der Waals surface area contributed by atoms with Crippen LogP contribution >= 0.6 is 0 Å². The molecular formula is C16H20N4O. The maximum Gasteiger partial charge on any atom is 0.222 e. The lowest BCUT2D eigenvalue weighted by Crippen LogP contribution is -2.39. The monoisotopic (exact) mass is 284 g/mol. The number of hydrogen-bond acceptors (Lipinski definition) is 4. The molecule has 1 aliphatic heterocycles. The van der Waals surface area contributed by atoms with Gasteiger partial charge in [-0.1, -0.05) is 0 Å². The van der Waals surface area contributed by atoms with Crippen LogP contribution in [0.5, 0.6) is 0 Å². The third kappa shape index (κ3) is 2.63. The molecule has 0 saturated carbocycles. The number of carbonyl (C=O) groups excluding carboxylic acids is 1. The molecule has 110 valence electrons. The van der Waals surface area contributed by atoms with Crippen LogP contribution in [0.4, 0.5) is 11.4 Å². The number of nitrogen functional groups attached to an aromatic ring is 1. The number of amides is 1. The molecule has 1 fully saturated rings. The van der Waals surface area contributed by atoms with E-state index in [1.807, 2.05) is 30.5 Å². The third-order valence-electron chi connectivity index (χ3n) is 4.20. The van der Waals surface area contributed by atoms with Crippen LogP contribution in [0.25, 0.3) is 10.9 Å². The standard InChI is InChI=1S/C16H20N4O/c1-18-16(21)11-5-8-20(9-6-11)15-4-7-19-14-10-12(17)2-3-13(14)15/h2-4,7,10-11H,5-6,8-9,17H2,1H3,(H,18,21). The summed E-state index contributed by atoms with van der Waals surface area (Å²) in [5.41, 5.74) is 8.64. The van der Waals surface area contributed by atoms with Crippen LogP contribution in [0, 0.1) is 5.92 Å². The Morgan fingerprint density at radius 2 is 2.10 bits per heavy atom. The minimum Gasteiger partial charge on any atom is -0.399 e. The Kier molecular flexibility index (Phi) is 3.64. The van der Waals surface area contributed by atoms with Crippen LogP contribution in [0.2, 0.25) is 0 Å². The highest BCUT2D eigenvalue weighted by molar-refractivity contribution is 5.93. The Morgan fingerprint density at radius 3 is 2.81 bits per heavy atom. The summed E-state index contributed by atoms with van der Waals surface area (Å²) in [6.07, 6.45) is 3.60. The first-order valence-corrected chi connectivity index (χ1v) is 7.30. The van der Waals surface area contributed by atoms with Gasteiger partial charge >= 0.3 is 0 Å². The summed E-state index contributed by atoms with van der Waals surface area (Å²) in [7, 11) is 1.70. The first-order chi connectivity index (χ1) is 10.2. The van der Waals surface area contributed by atoms with Crippen molar-refractivity contribution >= 4 is 28.2 Å². The molecule has 1 saturated heterocycles. The number of nitrogens with two attached hydrogens (primary N) is 1. The zero-order valence-corrected chi connectivity index (χ0v) is 12.2. The van der Waals surface area contributed by atoms with Gasteiger partial charge < -0.3 is 16.0 Å². The normalized spacial score (nSPS) is 16.1. The van der Waals surface area contributed by atoms with Crippen LogP contribution < -0.4 is 16.0 Å². The first-order valence-electron chi connectivity index (χ1n) is 7.30. The highest BCUT2D eigenvalue weighted by atomic mass is 16.1. The summed E-state index contributed by atoms with van der Waals surface area (Å²) in [5, 5.41) is 3.86. The number of nitrogens with one attached hydrogen (secondary N) is 1. The Morgan fingerprint density at radius 1 is 1.33 bits per heavy atom. The molecule has 21 heavy (non-hydrogen) atoms. The fourth-order valence-electron chi connectivity index (χ4n) is 3.01. The maximum atomic E-state index is 11.7. The molecule has 0 atom stereocenters. The predicted molar refractivity (Wildman–Crippen MR) is 85.2 cm³/mol. The van der Waals surface area contributed by atoms with Gasteiger partial charge in [0.15, 0.2) is 0 Å². The van der Waals surface area contributed by atoms with Crippen molar-refractivity contribution in [2.75, 3.05) is 30.8 Å². The van der Waals surface area contributed by atoms with Gasteiger partial charge in [0, 0.05) is 49.0 Å². The Hall–Kier alpha value is -2.30. The van der Waals surface area contributed by atoms with Crippen LogP contribution in [-0.2, 0) is 4.79 Å². The highest BCUT2D eigenvalue weighted by Gasteiger charge is 2.25. The summed E-state index contributed by atoms with van der Waals surface area (Å²) < 4.78 is 0. The van der Waals surface area contributed by atoms with Crippen molar-refractivity contribution in [3.63, 3.8) is 0 Å². The minimum absolute atomic E-state index is 0.134. The minimum atomic E-state index is 0.134. The summed E-state index contributed by atoms with van der Waals surface area (Å²) in [5.74, 6) is 0.289. The van der Waals surface area contributed by atoms with E-state index in [2.05, 4.69) is 15.2 Å². The molecule has 5 heteroatoms. The van der Waals surface area contributed by atoms with E-state index in [1.54, 1.807) is 7.05 Å². The lowest BCUT2D eigenvalue weighted by molar-refractivity contribution is -0.125. The van der Waals surface area contributed by atoms with E-state index in [0.717, 1.165) is 42.5 Å². The summed E-state index contributed by atoms with van der Waals surface area (Å²) in [6.45, 7) is 1.78. The predicted octanol–water partition coefficient (Wildman–Crippen LogP) is 1.78. The molecule has 2 aromatic rings. The SMILES string of the molecule is CNC(=O)C1CCN(c2ccnc3cc(N)ccc23)CC1. The largest absolute Gasteiger partial charge is 0.399 e. The van der Waals surface area contributed by atoms with Crippen molar-refractivity contribution in [1.82, 2.24) is 10.3 Å². The van der Waals surface area contributed by atoms with Gasteiger partial charge in [-0.05, 0) is 37.1 Å². The second-order valence-corrected chi connectivity index (χ2v) is 5.48. The van der Waals surface area contributed by atoms with E-state index < -0.39 is 0 Å². The molecule has 0 aliphatic carbocycles. The van der Waals surface area contributed by atoms with Gasteiger partial charge in [0.1, 0.15) is 0 Å². The molecule has 1 amide bonds. The van der Waals surface area contributed by atoms with Crippen molar-refractivity contribution in [2.45, 2.75) is 12.8 Å². The van der Waals surface area contributed by atoms with E-state index in [0.29, 0.717) is 0 Å². The molecular weight excluding hydrogens is 264 g/mol. The van der Waals surface area contributed by atoms with E-state index in [9.17, 15) is 4.79 Å². The number of anilines is 2. The van der Waals surface area contributed by atoms with Gasteiger partial charge in [-0.25, -0.2) is 0 Å². The first kappa shape index (κ1) is 13.7. The van der Waals surface area contributed by atoms with E-state index in [1.165, 1.54) is 5.69 Å². The summed E-state index contributed by atoms with van der Waals surface area (Å²) in [6, 6.07) is 7.87. The zero-order chi connectivity index (χ0) is 14.8. The molecule has 1 aliphatic rings. The topological polar surface area (TPSA) is 71.2 Å². The number of nitrogens with zero attached hydrogens (tertiary/aromatic N) is 2. The lowest BCUT2D eigenvalue weighted by Gasteiger charge is -2.33. The number of aromatic nitrogens is 1. The number of rotatable bonds is 2. The smallest absolute Gasteiger partial charge is 0.222 e. The van der Waals surface area contributed by atoms with E-state index in [4.69, 9.17) is 5.73 Å². The fraction of sp³-hybridized carbons (Fsp3) is 0.375. The van der Waals surface area contributed by atoms with Gasteiger partial charge in [0.05, 0.1) is 5.52 Å². The van der Waals surface area contributed by atoms with E-state index in [-0.39, 0.29) is 11.8 Å². The van der Waals surface area contributed by atoms with Crippen LogP contribution in [0.1, 0.15) is 12.8 Å². The Labute approximate surface area is 124 Å². The fourth-order valence-corrected chi connectivity index (χ4v) is 3.01. The summed E-state index contributed by atoms with van der Waals surface area (Å²) in [4.78, 5) is 18.4. The molecule has 0 unspecified atom stereocenters. The van der Waals surface area contributed by atoms with Gasteiger partial charge in [-0.3, -0.25) is 9.78 Å². The van der Waals surface area contributed by atoms with Gasteiger partial charge in [0.25, 0.3) is 0 Å². The third-order valence-corrected chi connectivity index (χ3v) is 4.20. The second kappa shape index (κ2) is 5.60. The molecule has 3 N–H and O–H groups in total. The van der Waals surface area contributed by atoms with Gasteiger partial charge in [0.2, 0.25) is 5.91 Å². The number of piperidine rings is 1. The quantitative estimate of drug-likeness (QED) is 0.825. The van der Waals surface area contributed by atoms with Gasteiger partial charge in [-0.2, -0.15) is 0 Å². The number of carbonyl (C=O) groups is 1. The Bertz CT molecular complexity index is 662. The van der Waals surface area contributed by atoms with Crippen LogP contribution in [-0.4, -0.2) is 31.0 Å². The van der Waals surface area contributed by atoms with Crippen LogP contribution in [0.3, 0.4) is 0 Å². The molecule has 1 aromatic carbocycles. The number of hydrogen-bond donors (Lipinski definition) is 2. The molecule has 0 radical (unpaired) electrons. The van der Waals surface area contributed by atoms with Crippen molar-refractivity contribution in [2.24, 2.45) is 5.92 Å². The maximum absolute atomic E-state index is 11.7. The highest BCUT2D eigenvalue weighted by Crippen LogP contribution is 2.30. The van der Waals surface area contributed by atoms with Crippen molar-refractivity contribution in [1.29, 1.82) is 0 Å². The zero-order valence-electron chi connectivity index (χ0n) is 12.2. The lowest BCUT2D eigenvalue weighted by atomic mass is 9.95. The molecule has 1 aromatic heterocycles. The molecule has 3 rings (SSSR count).